The number of aromatic nitrogens is 1. The Morgan fingerprint density at radius 1 is 0.889 bits per heavy atom. The second-order valence-electron chi connectivity index (χ2n) is 7.00. The van der Waals surface area contributed by atoms with Crippen molar-refractivity contribution in [1.82, 2.24) is 9.47 Å². The fourth-order valence-corrected chi connectivity index (χ4v) is 3.99. The van der Waals surface area contributed by atoms with Gasteiger partial charge in [0, 0.05) is 38.4 Å². The van der Waals surface area contributed by atoms with E-state index >= 15 is 0 Å². The van der Waals surface area contributed by atoms with E-state index in [-0.39, 0.29) is 5.82 Å². The number of fused-ring (bicyclic) bond motifs is 1. The van der Waals surface area contributed by atoms with Crippen molar-refractivity contribution in [3.63, 3.8) is 0 Å². The molecule has 1 aliphatic rings. The molecule has 2 heterocycles. The van der Waals surface area contributed by atoms with Gasteiger partial charge in [0.1, 0.15) is 5.82 Å². The van der Waals surface area contributed by atoms with E-state index in [1.54, 1.807) is 0 Å². The summed E-state index contributed by atoms with van der Waals surface area (Å²) in [5, 5.41) is 0. The first-order valence-corrected chi connectivity index (χ1v) is 9.93. The number of unbranched alkanes of at least 4 members (excludes halogenated alkanes) is 1. The lowest BCUT2D eigenvalue weighted by Crippen LogP contribution is -2.46. The largest absolute Gasteiger partial charge is 0.429 e. The van der Waals surface area contributed by atoms with Crippen LogP contribution in [-0.2, 0) is 6.54 Å². The molecule has 1 aliphatic heterocycles. The summed E-state index contributed by atoms with van der Waals surface area (Å²) in [5.41, 5.74) is 3.05. The van der Waals surface area contributed by atoms with E-state index in [9.17, 15) is 4.39 Å². The number of aryl methyl sites for hydroxylation is 1. The van der Waals surface area contributed by atoms with Gasteiger partial charge in [-0.15, -0.1) is 0 Å². The molecule has 0 amide bonds. The molecule has 2 aromatic carbocycles. The number of rotatable bonds is 6. The quantitative estimate of drug-likeness (QED) is 0.453. The number of hydrogen-bond acceptors (Lipinski definition) is 4. The summed E-state index contributed by atoms with van der Waals surface area (Å²) in [5.74, 6) is -0.178. The van der Waals surface area contributed by atoms with Gasteiger partial charge in [-0.2, -0.15) is 0 Å². The van der Waals surface area contributed by atoms with Crippen LogP contribution in [0.5, 0.6) is 0 Å². The number of nitrogens with zero attached hydrogens (tertiary/aromatic N) is 3. The van der Waals surface area contributed by atoms with Crippen molar-refractivity contribution in [2.75, 3.05) is 37.6 Å². The topological polar surface area (TPSA) is 24.6 Å². The Bertz CT molecular complexity index is 942. The van der Waals surface area contributed by atoms with Gasteiger partial charge < -0.3 is 9.32 Å². The summed E-state index contributed by atoms with van der Waals surface area (Å²) in [6.07, 6.45) is 2.22. The Morgan fingerprint density at radius 2 is 1.59 bits per heavy atom. The standard InChI is InChI=1S/C21H24FN3OS/c22-17-7-9-18(10-8-17)24-15-13-23(14-16-24)11-3-4-12-25-19-5-1-2-6-20(19)26-21(25)27/h1-2,5-10H,3-4,11-16H2. The Balaban J connectivity index is 1.23. The van der Waals surface area contributed by atoms with Gasteiger partial charge in [-0.3, -0.25) is 9.47 Å². The minimum absolute atomic E-state index is 0.178. The first kappa shape index (κ1) is 18.2. The van der Waals surface area contributed by atoms with Crippen LogP contribution < -0.4 is 4.90 Å². The van der Waals surface area contributed by atoms with Crippen LogP contribution in [0.3, 0.4) is 0 Å². The number of anilines is 1. The molecule has 6 heteroatoms. The summed E-state index contributed by atoms with van der Waals surface area (Å²) in [6.45, 7) is 6.06. The van der Waals surface area contributed by atoms with E-state index in [2.05, 4.69) is 20.4 Å². The summed E-state index contributed by atoms with van der Waals surface area (Å²) in [4.78, 5) is 5.39. The fourth-order valence-electron chi connectivity index (χ4n) is 3.71. The lowest BCUT2D eigenvalue weighted by Gasteiger charge is -2.36. The molecule has 27 heavy (non-hydrogen) atoms. The molecular weight excluding hydrogens is 361 g/mol. The van der Waals surface area contributed by atoms with E-state index in [4.69, 9.17) is 16.6 Å². The molecule has 0 aliphatic carbocycles. The van der Waals surface area contributed by atoms with Gasteiger partial charge in [0.25, 0.3) is 4.84 Å². The highest BCUT2D eigenvalue weighted by Crippen LogP contribution is 2.19. The molecule has 0 unspecified atom stereocenters. The molecule has 0 N–H and O–H groups in total. The predicted octanol–water partition coefficient (Wildman–Crippen LogP) is 4.71. The van der Waals surface area contributed by atoms with Gasteiger partial charge >= 0.3 is 0 Å². The van der Waals surface area contributed by atoms with Crippen LogP contribution in [0.15, 0.2) is 52.9 Å². The Kier molecular flexibility index (Phi) is 5.55. The van der Waals surface area contributed by atoms with Gasteiger partial charge in [-0.05, 0) is 68.0 Å². The number of hydrogen-bond donors (Lipinski definition) is 0. The zero-order valence-electron chi connectivity index (χ0n) is 15.3. The maximum Gasteiger partial charge on any atom is 0.269 e. The SMILES string of the molecule is Fc1ccc(N2CCN(CCCCn3c(=S)oc4ccccc43)CC2)cc1. The van der Waals surface area contributed by atoms with Gasteiger partial charge in [-0.1, -0.05) is 12.1 Å². The Morgan fingerprint density at radius 3 is 2.37 bits per heavy atom. The monoisotopic (exact) mass is 385 g/mol. The second-order valence-corrected chi connectivity index (χ2v) is 7.35. The molecule has 1 fully saturated rings. The molecule has 0 bridgehead atoms. The third-order valence-corrected chi connectivity index (χ3v) is 5.55. The van der Waals surface area contributed by atoms with Crippen LogP contribution in [0.25, 0.3) is 11.1 Å². The van der Waals surface area contributed by atoms with Crippen molar-refractivity contribution in [3.05, 3.63) is 59.2 Å². The molecule has 4 rings (SSSR count). The third-order valence-electron chi connectivity index (χ3n) is 5.24. The van der Waals surface area contributed by atoms with Crippen LogP contribution in [0, 0.1) is 10.7 Å². The van der Waals surface area contributed by atoms with E-state index in [0.717, 1.165) is 68.9 Å². The van der Waals surface area contributed by atoms with Crippen LogP contribution in [0.4, 0.5) is 10.1 Å². The van der Waals surface area contributed by atoms with Crippen molar-refractivity contribution in [1.29, 1.82) is 0 Å². The minimum Gasteiger partial charge on any atom is -0.429 e. The lowest BCUT2D eigenvalue weighted by molar-refractivity contribution is 0.251. The van der Waals surface area contributed by atoms with E-state index < -0.39 is 0 Å². The normalized spacial score (nSPS) is 15.5. The van der Waals surface area contributed by atoms with Gasteiger partial charge in [-0.25, -0.2) is 4.39 Å². The summed E-state index contributed by atoms with van der Waals surface area (Å²) < 4.78 is 20.8. The molecule has 0 spiro atoms. The molecule has 0 atom stereocenters. The van der Waals surface area contributed by atoms with Crippen molar-refractivity contribution in [2.24, 2.45) is 0 Å². The molecule has 142 valence electrons. The lowest BCUT2D eigenvalue weighted by atomic mass is 10.2. The first-order valence-electron chi connectivity index (χ1n) is 9.52. The summed E-state index contributed by atoms with van der Waals surface area (Å²) in [6, 6.07) is 14.8. The molecule has 0 radical (unpaired) electrons. The zero-order valence-corrected chi connectivity index (χ0v) is 16.1. The number of para-hydroxylation sites is 2. The maximum atomic E-state index is 13.1. The average Bonchev–Trinajstić information content (AvgIpc) is 3.02. The molecule has 4 nitrogen and oxygen atoms in total. The summed E-state index contributed by atoms with van der Waals surface area (Å²) in [7, 11) is 0. The molecule has 1 aromatic heterocycles. The van der Waals surface area contributed by atoms with Crippen molar-refractivity contribution >= 4 is 29.0 Å². The van der Waals surface area contributed by atoms with Crippen molar-refractivity contribution in [3.8, 4) is 0 Å². The van der Waals surface area contributed by atoms with Gasteiger partial charge in [0.15, 0.2) is 5.58 Å². The molecule has 1 saturated heterocycles. The Hall–Kier alpha value is -2.18. The van der Waals surface area contributed by atoms with Gasteiger partial charge in [0.05, 0.1) is 5.52 Å². The number of halogens is 1. The average molecular weight is 386 g/mol. The second kappa shape index (κ2) is 8.23. The van der Waals surface area contributed by atoms with Crippen LogP contribution in [0.2, 0.25) is 0 Å². The third kappa shape index (κ3) is 4.22. The van der Waals surface area contributed by atoms with E-state index in [1.165, 1.54) is 12.1 Å². The fraction of sp³-hybridized carbons (Fsp3) is 0.381. The van der Waals surface area contributed by atoms with Crippen LogP contribution in [-0.4, -0.2) is 42.2 Å². The van der Waals surface area contributed by atoms with Crippen molar-refractivity contribution in [2.45, 2.75) is 19.4 Å². The number of oxazole rings is 1. The molecule has 0 saturated carbocycles. The van der Waals surface area contributed by atoms with Crippen molar-refractivity contribution < 1.29 is 8.81 Å². The Labute approximate surface area is 163 Å². The van der Waals surface area contributed by atoms with Gasteiger partial charge in [0.2, 0.25) is 0 Å². The minimum atomic E-state index is -0.178. The van der Waals surface area contributed by atoms with E-state index in [1.807, 2.05) is 30.3 Å². The first-order chi connectivity index (χ1) is 13.2. The highest BCUT2D eigenvalue weighted by molar-refractivity contribution is 7.71. The number of benzene rings is 2. The summed E-state index contributed by atoms with van der Waals surface area (Å²) >= 11 is 5.35. The number of piperazine rings is 1. The van der Waals surface area contributed by atoms with Crippen LogP contribution >= 0.6 is 12.2 Å². The predicted molar refractivity (Wildman–Crippen MR) is 109 cm³/mol. The molecular formula is C21H24FN3OS. The zero-order chi connectivity index (χ0) is 18.6. The molecule has 3 aromatic rings. The highest BCUT2D eigenvalue weighted by atomic mass is 32.1. The smallest absolute Gasteiger partial charge is 0.269 e. The maximum absolute atomic E-state index is 13.1. The van der Waals surface area contributed by atoms with E-state index in [0.29, 0.717) is 4.84 Å². The highest BCUT2D eigenvalue weighted by Gasteiger charge is 2.16. The van der Waals surface area contributed by atoms with Crippen LogP contribution in [0.1, 0.15) is 12.8 Å².